The van der Waals surface area contributed by atoms with Crippen molar-refractivity contribution in [2.45, 2.75) is 33.6 Å². The van der Waals surface area contributed by atoms with E-state index in [4.69, 9.17) is 5.73 Å². The zero-order valence-electron chi connectivity index (χ0n) is 9.79. The van der Waals surface area contributed by atoms with Gasteiger partial charge in [-0.2, -0.15) is 0 Å². The Labute approximate surface area is 88.5 Å². The molecule has 0 spiro atoms. The molecule has 0 radical (unpaired) electrons. The van der Waals surface area contributed by atoms with Crippen LogP contribution in [0.15, 0.2) is 24.6 Å². The SMILES string of the molecule is C=C(C)N(/C=C\C)CCC(CC)CN. The highest BCUT2D eigenvalue weighted by Gasteiger charge is 2.06. The van der Waals surface area contributed by atoms with Crippen molar-refractivity contribution in [3.8, 4) is 0 Å². The summed E-state index contributed by atoms with van der Waals surface area (Å²) in [5, 5.41) is 0. The van der Waals surface area contributed by atoms with Crippen molar-refractivity contribution in [2.75, 3.05) is 13.1 Å². The van der Waals surface area contributed by atoms with Crippen LogP contribution in [0.2, 0.25) is 0 Å². The number of nitrogens with two attached hydrogens (primary N) is 1. The Kier molecular flexibility index (Phi) is 7.21. The topological polar surface area (TPSA) is 29.3 Å². The van der Waals surface area contributed by atoms with Crippen LogP contribution >= 0.6 is 0 Å². The number of hydrogen-bond acceptors (Lipinski definition) is 2. The first kappa shape index (κ1) is 13.2. The van der Waals surface area contributed by atoms with E-state index in [0.29, 0.717) is 5.92 Å². The second-order valence-electron chi connectivity index (χ2n) is 3.71. The molecule has 0 heterocycles. The quantitative estimate of drug-likeness (QED) is 0.678. The van der Waals surface area contributed by atoms with Crippen molar-refractivity contribution >= 4 is 0 Å². The predicted octanol–water partition coefficient (Wildman–Crippen LogP) is 2.73. The average molecular weight is 196 g/mol. The lowest BCUT2D eigenvalue weighted by Crippen LogP contribution is -2.22. The van der Waals surface area contributed by atoms with Crippen molar-refractivity contribution in [3.63, 3.8) is 0 Å². The third kappa shape index (κ3) is 5.07. The summed E-state index contributed by atoms with van der Waals surface area (Å²) in [7, 11) is 0. The van der Waals surface area contributed by atoms with Gasteiger partial charge < -0.3 is 10.6 Å². The number of hydrogen-bond donors (Lipinski definition) is 1. The van der Waals surface area contributed by atoms with E-state index in [2.05, 4.69) is 24.6 Å². The molecule has 82 valence electrons. The van der Waals surface area contributed by atoms with E-state index in [1.54, 1.807) is 0 Å². The minimum absolute atomic E-state index is 0.641. The van der Waals surface area contributed by atoms with E-state index in [-0.39, 0.29) is 0 Å². The molecule has 0 aliphatic carbocycles. The van der Waals surface area contributed by atoms with Gasteiger partial charge in [-0.3, -0.25) is 0 Å². The fourth-order valence-corrected chi connectivity index (χ4v) is 1.38. The molecular weight excluding hydrogens is 172 g/mol. The van der Waals surface area contributed by atoms with Crippen LogP contribution in [0.4, 0.5) is 0 Å². The average Bonchev–Trinajstić information content (AvgIpc) is 2.17. The molecule has 0 aliphatic heterocycles. The maximum atomic E-state index is 5.66. The van der Waals surface area contributed by atoms with Gasteiger partial charge in [0.2, 0.25) is 0 Å². The first-order valence-corrected chi connectivity index (χ1v) is 5.40. The van der Waals surface area contributed by atoms with Crippen molar-refractivity contribution < 1.29 is 0 Å². The van der Waals surface area contributed by atoms with Gasteiger partial charge in [0.25, 0.3) is 0 Å². The molecule has 0 saturated carbocycles. The summed E-state index contributed by atoms with van der Waals surface area (Å²) in [5.41, 5.74) is 6.75. The highest BCUT2D eigenvalue weighted by atomic mass is 15.1. The maximum absolute atomic E-state index is 5.66. The lowest BCUT2D eigenvalue weighted by Gasteiger charge is -2.22. The highest BCUT2D eigenvalue weighted by molar-refractivity contribution is 4.96. The zero-order chi connectivity index (χ0) is 11.0. The predicted molar refractivity (Wildman–Crippen MR) is 63.8 cm³/mol. The van der Waals surface area contributed by atoms with Gasteiger partial charge in [-0.1, -0.05) is 26.0 Å². The number of nitrogens with zero attached hydrogens (tertiary/aromatic N) is 1. The summed E-state index contributed by atoms with van der Waals surface area (Å²) < 4.78 is 0. The molecule has 0 saturated heterocycles. The molecule has 1 atom stereocenters. The zero-order valence-corrected chi connectivity index (χ0v) is 9.79. The molecule has 2 heteroatoms. The van der Waals surface area contributed by atoms with Crippen LogP contribution in [0.1, 0.15) is 33.6 Å². The minimum Gasteiger partial charge on any atom is -0.353 e. The first-order valence-electron chi connectivity index (χ1n) is 5.40. The summed E-state index contributed by atoms with van der Waals surface area (Å²) in [4.78, 5) is 2.18. The third-order valence-electron chi connectivity index (χ3n) is 2.51. The van der Waals surface area contributed by atoms with Gasteiger partial charge in [-0.25, -0.2) is 0 Å². The fourth-order valence-electron chi connectivity index (χ4n) is 1.38. The number of rotatable bonds is 7. The number of allylic oxidation sites excluding steroid dienone is 2. The van der Waals surface area contributed by atoms with Gasteiger partial charge >= 0.3 is 0 Å². The molecular formula is C12H24N2. The molecule has 0 fully saturated rings. The molecule has 0 aromatic rings. The monoisotopic (exact) mass is 196 g/mol. The molecule has 14 heavy (non-hydrogen) atoms. The second kappa shape index (κ2) is 7.63. The Morgan fingerprint density at radius 3 is 2.57 bits per heavy atom. The van der Waals surface area contributed by atoms with Crippen LogP contribution in [0.5, 0.6) is 0 Å². The van der Waals surface area contributed by atoms with Gasteiger partial charge in [0.1, 0.15) is 0 Å². The van der Waals surface area contributed by atoms with Crippen molar-refractivity contribution in [2.24, 2.45) is 11.7 Å². The Balaban J connectivity index is 3.98. The van der Waals surface area contributed by atoms with Gasteiger partial charge in [-0.05, 0) is 38.9 Å². The lowest BCUT2D eigenvalue weighted by atomic mass is 10.0. The summed E-state index contributed by atoms with van der Waals surface area (Å²) in [6.45, 7) is 12.0. The van der Waals surface area contributed by atoms with E-state index < -0.39 is 0 Å². The van der Waals surface area contributed by atoms with Gasteiger partial charge in [-0.15, -0.1) is 0 Å². The molecule has 0 bridgehead atoms. The molecule has 0 amide bonds. The summed E-state index contributed by atoms with van der Waals surface area (Å²) in [5.74, 6) is 0.641. The van der Waals surface area contributed by atoms with Gasteiger partial charge in [0.15, 0.2) is 0 Å². The van der Waals surface area contributed by atoms with Crippen molar-refractivity contribution in [3.05, 3.63) is 24.6 Å². The Morgan fingerprint density at radius 2 is 2.21 bits per heavy atom. The van der Waals surface area contributed by atoms with Crippen LogP contribution in [0, 0.1) is 5.92 Å². The van der Waals surface area contributed by atoms with Gasteiger partial charge in [0.05, 0.1) is 0 Å². The van der Waals surface area contributed by atoms with E-state index in [1.165, 1.54) is 0 Å². The molecule has 2 nitrogen and oxygen atoms in total. The summed E-state index contributed by atoms with van der Waals surface area (Å²) >= 11 is 0. The second-order valence-corrected chi connectivity index (χ2v) is 3.71. The Hall–Kier alpha value is -0.760. The van der Waals surface area contributed by atoms with Crippen molar-refractivity contribution in [1.82, 2.24) is 4.90 Å². The smallest absolute Gasteiger partial charge is 0.0224 e. The Morgan fingerprint density at radius 1 is 1.57 bits per heavy atom. The van der Waals surface area contributed by atoms with Gasteiger partial charge in [0, 0.05) is 12.2 Å². The normalized spacial score (nSPS) is 13.1. The standard InChI is InChI=1S/C12H24N2/c1-5-8-14(11(3)4)9-7-12(6-2)10-13/h5,8,12H,3,6-7,9-10,13H2,1-2,4H3/b8-5-. The van der Waals surface area contributed by atoms with Crippen molar-refractivity contribution in [1.29, 1.82) is 0 Å². The summed E-state index contributed by atoms with van der Waals surface area (Å²) in [6.07, 6.45) is 6.42. The van der Waals surface area contributed by atoms with E-state index in [0.717, 1.165) is 31.6 Å². The van der Waals surface area contributed by atoms with E-state index in [9.17, 15) is 0 Å². The molecule has 1 unspecified atom stereocenters. The molecule has 0 aliphatic rings. The highest BCUT2D eigenvalue weighted by Crippen LogP contribution is 2.10. The van der Waals surface area contributed by atoms with Crippen LogP contribution < -0.4 is 5.73 Å². The molecule has 0 rings (SSSR count). The molecule has 0 aromatic heterocycles. The fraction of sp³-hybridized carbons (Fsp3) is 0.667. The van der Waals surface area contributed by atoms with Crippen LogP contribution in [0.25, 0.3) is 0 Å². The maximum Gasteiger partial charge on any atom is 0.0224 e. The van der Waals surface area contributed by atoms with E-state index in [1.807, 2.05) is 19.9 Å². The van der Waals surface area contributed by atoms with E-state index >= 15 is 0 Å². The molecule has 0 aromatic carbocycles. The summed E-state index contributed by atoms with van der Waals surface area (Å²) in [6, 6.07) is 0. The van der Waals surface area contributed by atoms with Crippen LogP contribution in [-0.4, -0.2) is 18.0 Å². The first-order chi connectivity index (χ1) is 6.65. The largest absolute Gasteiger partial charge is 0.353 e. The minimum atomic E-state index is 0.641. The lowest BCUT2D eigenvalue weighted by molar-refractivity contribution is 0.381. The van der Waals surface area contributed by atoms with Crippen LogP contribution in [-0.2, 0) is 0 Å². The van der Waals surface area contributed by atoms with Crippen LogP contribution in [0.3, 0.4) is 0 Å². The Bertz CT molecular complexity index is 181. The third-order valence-corrected chi connectivity index (χ3v) is 2.51. The molecule has 2 N–H and O–H groups in total.